The third-order valence-electron chi connectivity index (χ3n) is 5.53. The summed E-state index contributed by atoms with van der Waals surface area (Å²) < 4.78 is 0. The molecule has 1 aliphatic heterocycles. The third-order valence-corrected chi connectivity index (χ3v) is 5.53. The normalized spacial score (nSPS) is 32.0. The number of benzene rings is 1. The van der Waals surface area contributed by atoms with E-state index in [0.29, 0.717) is 0 Å². The number of hydrogen-bond acceptors (Lipinski definition) is 2. The molecular weight excluding hydrogens is 232 g/mol. The Morgan fingerprint density at radius 2 is 2.05 bits per heavy atom. The summed E-state index contributed by atoms with van der Waals surface area (Å²) in [4.78, 5) is 2.69. The summed E-state index contributed by atoms with van der Waals surface area (Å²) in [6.45, 7) is 5.50. The molecule has 2 aliphatic rings. The van der Waals surface area contributed by atoms with Gasteiger partial charge in [-0.15, -0.1) is 0 Å². The van der Waals surface area contributed by atoms with Crippen LogP contribution in [0.25, 0.3) is 0 Å². The van der Waals surface area contributed by atoms with Gasteiger partial charge >= 0.3 is 0 Å². The molecule has 1 saturated carbocycles. The van der Waals surface area contributed by atoms with E-state index in [1.807, 2.05) is 0 Å². The van der Waals surface area contributed by atoms with E-state index in [0.717, 1.165) is 19.0 Å². The molecule has 2 N–H and O–H groups in total. The van der Waals surface area contributed by atoms with Gasteiger partial charge in [-0.25, -0.2) is 0 Å². The quantitative estimate of drug-likeness (QED) is 0.883. The fourth-order valence-electron chi connectivity index (χ4n) is 4.17. The van der Waals surface area contributed by atoms with E-state index >= 15 is 0 Å². The van der Waals surface area contributed by atoms with Crippen LogP contribution < -0.4 is 5.73 Å². The van der Waals surface area contributed by atoms with Crippen LogP contribution in [0.1, 0.15) is 43.7 Å². The van der Waals surface area contributed by atoms with Crippen LogP contribution >= 0.6 is 0 Å². The minimum atomic E-state index is 0.256. The molecule has 1 heterocycles. The minimum absolute atomic E-state index is 0.256. The van der Waals surface area contributed by atoms with Gasteiger partial charge in [-0.05, 0) is 36.3 Å². The van der Waals surface area contributed by atoms with E-state index in [1.54, 1.807) is 0 Å². The van der Waals surface area contributed by atoms with E-state index in [4.69, 9.17) is 5.73 Å². The first-order chi connectivity index (χ1) is 9.26. The summed E-state index contributed by atoms with van der Waals surface area (Å²) >= 11 is 0. The first-order valence-electron chi connectivity index (χ1n) is 7.78. The highest BCUT2D eigenvalue weighted by Crippen LogP contribution is 2.40. The van der Waals surface area contributed by atoms with Crippen molar-refractivity contribution >= 4 is 0 Å². The van der Waals surface area contributed by atoms with Crippen LogP contribution in [-0.2, 0) is 13.0 Å². The summed E-state index contributed by atoms with van der Waals surface area (Å²) in [6, 6.07) is 8.91. The van der Waals surface area contributed by atoms with Gasteiger partial charge in [-0.2, -0.15) is 0 Å². The molecule has 1 aliphatic carbocycles. The first kappa shape index (κ1) is 13.1. The molecule has 0 aromatic heterocycles. The molecule has 1 fully saturated rings. The second-order valence-corrected chi connectivity index (χ2v) is 6.39. The monoisotopic (exact) mass is 258 g/mol. The van der Waals surface area contributed by atoms with Gasteiger partial charge < -0.3 is 5.73 Å². The number of nitrogens with two attached hydrogens (primary N) is 1. The maximum Gasteiger partial charge on any atom is 0.0360 e. The molecule has 1 aromatic carbocycles. The Kier molecular flexibility index (Phi) is 3.64. The number of fused-ring (bicyclic) bond motifs is 1. The third kappa shape index (κ3) is 2.21. The molecule has 2 unspecified atom stereocenters. The predicted molar refractivity (Wildman–Crippen MR) is 80.0 cm³/mol. The summed E-state index contributed by atoms with van der Waals surface area (Å²) in [5.74, 6) is 0.733. The van der Waals surface area contributed by atoms with Gasteiger partial charge in [0.25, 0.3) is 0 Å². The van der Waals surface area contributed by atoms with E-state index in [-0.39, 0.29) is 5.54 Å². The fourth-order valence-corrected chi connectivity index (χ4v) is 4.17. The van der Waals surface area contributed by atoms with Crippen LogP contribution in [0.4, 0.5) is 0 Å². The lowest BCUT2D eigenvalue weighted by atomic mass is 9.71. The van der Waals surface area contributed by atoms with Crippen LogP contribution in [0, 0.1) is 5.92 Å². The van der Waals surface area contributed by atoms with Gasteiger partial charge in [0, 0.05) is 25.2 Å². The van der Waals surface area contributed by atoms with Crippen LogP contribution in [0.3, 0.4) is 0 Å². The Morgan fingerprint density at radius 3 is 2.79 bits per heavy atom. The SMILES string of the molecule is CC1CCCCC1(CN)N1CCc2ccccc2C1. The highest BCUT2D eigenvalue weighted by molar-refractivity contribution is 5.29. The second-order valence-electron chi connectivity index (χ2n) is 6.39. The number of hydrogen-bond donors (Lipinski definition) is 1. The summed E-state index contributed by atoms with van der Waals surface area (Å²) in [5.41, 5.74) is 9.54. The van der Waals surface area contributed by atoms with Crippen molar-refractivity contribution in [2.75, 3.05) is 13.1 Å². The lowest BCUT2D eigenvalue weighted by Gasteiger charge is -2.51. The first-order valence-corrected chi connectivity index (χ1v) is 7.78. The highest BCUT2D eigenvalue weighted by atomic mass is 15.2. The van der Waals surface area contributed by atoms with Crippen molar-refractivity contribution < 1.29 is 0 Å². The van der Waals surface area contributed by atoms with Crippen LogP contribution in [-0.4, -0.2) is 23.5 Å². The topological polar surface area (TPSA) is 29.3 Å². The zero-order valence-electron chi connectivity index (χ0n) is 12.1. The van der Waals surface area contributed by atoms with E-state index in [1.165, 1.54) is 49.8 Å². The molecular formula is C17H26N2. The zero-order valence-corrected chi connectivity index (χ0v) is 12.1. The van der Waals surface area contributed by atoms with Gasteiger partial charge in [0.2, 0.25) is 0 Å². The van der Waals surface area contributed by atoms with Crippen molar-refractivity contribution in [3.05, 3.63) is 35.4 Å². The van der Waals surface area contributed by atoms with Crippen molar-refractivity contribution in [1.29, 1.82) is 0 Å². The average molecular weight is 258 g/mol. The molecule has 0 amide bonds. The van der Waals surface area contributed by atoms with E-state index < -0.39 is 0 Å². The molecule has 0 saturated heterocycles. The van der Waals surface area contributed by atoms with E-state index in [9.17, 15) is 0 Å². The van der Waals surface area contributed by atoms with Crippen molar-refractivity contribution in [3.63, 3.8) is 0 Å². The van der Waals surface area contributed by atoms with Crippen LogP contribution in [0.15, 0.2) is 24.3 Å². The van der Waals surface area contributed by atoms with Gasteiger partial charge in [0.15, 0.2) is 0 Å². The Bertz CT molecular complexity index is 443. The molecule has 2 nitrogen and oxygen atoms in total. The van der Waals surface area contributed by atoms with Gasteiger partial charge in [-0.3, -0.25) is 4.90 Å². The Hall–Kier alpha value is -0.860. The van der Waals surface area contributed by atoms with Crippen molar-refractivity contribution in [1.82, 2.24) is 4.90 Å². The molecule has 0 radical (unpaired) electrons. The fraction of sp³-hybridized carbons (Fsp3) is 0.647. The summed E-state index contributed by atoms with van der Waals surface area (Å²) in [6.07, 6.45) is 6.54. The summed E-state index contributed by atoms with van der Waals surface area (Å²) in [5, 5.41) is 0. The molecule has 0 spiro atoms. The predicted octanol–water partition coefficient (Wildman–Crippen LogP) is 2.95. The lowest BCUT2D eigenvalue weighted by molar-refractivity contribution is 0.00286. The van der Waals surface area contributed by atoms with Crippen molar-refractivity contribution in [2.45, 2.75) is 51.1 Å². The van der Waals surface area contributed by atoms with Gasteiger partial charge in [0.05, 0.1) is 0 Å². The van der Waals surface area contributed by atoms with E-state index in [2.05, 4.69) is 36.1 Å². The molecule has 3 rings (SSSR count). The number of nitrogens with zero attached hydrogens (tertiary/aromatic N) is 1. The summed E-state index contributed by atoms with van der Waals surface area (Å²) in [7, 11) is 0. The molecule has 2 heteroatoms. The molecule has 2 atom stereocenters. The average Bonchev–Trinajstić information content (AvgIpc) is 2.47. The molecule has 19 heavy (non-hydrogen) atoms. The smallest absolute Gasteiger partial charge is 0.0360 e. The minimum Gasteiger partial charge on any atom is -0.329 e. The Balaban J connectivity index is 1.86. The zero-order chi connectivity index (χ0) is 13.3. The van der Waals surface area contributed by atoms with Gasteiger partial charge in [0.1, 0.15) is 0 Å². The van der Waals surface area contributed by atoms with Crippen molar-refractivity contribution in [3.8, 4) is 0 Å². The standard InChI is InChI=1S/C17H26N2/c1-14-6-4-5-10-17(14,13-18)19-11-9-15-7-2-3-8-16(15)12-19/h2-3,7-8,14H,4-6,9-13,18H2,1H3. The maximum absolute atomic E-state index is 6.24. The van der Waals surface area contributed by atoms with Gasteiger partial charge in [-0.1, -0.05) is 44.0 Å². The molecule has 1 aromatic rings. The Morgan fingerprint density at radius 1 is 1.26 bits per heavy atom. The van der Waals surface area contributed by atoms with Crippen molar-refractivity contribution in [2.24, 2.45) is 11.7 Å². The highest BCUT2D eigenvalue weighted by Gasteiger charge is 2.42. The number of rotatable bonds is 2. The van der Waals surface area contributed by atoms with Crippen LogP contribution in [0.5, 0.6) is 0 Å². The second kappa shape index (κ2) is 5.26. The Labute approximate surface area is 117 Å². The van der Waals surface area contributed by atoms with Crippen LogP contribution in [0.2, 0.25) is 0 Å². The maximum atomic E-state index is 6.24. The molecule has 104 valence electrons. The largest absolute Gasteiger partial charge is 0.329 e. The molecule has 0 bridgehead atoms. The lowest BCUT2D eigenvalue weighted by Crippen LogP contribution is -2.60.